The standard InChI is InChI=1S/C5H6N3O3/c1-10-7-4(3-6)5(9)8-11-2/h2H2,1H3,(H,8,9)/b7-4+. The average molecular weight is 156 g/mol. The lowest BCUT2D eigenvalue weighted by molar-refractivity contribution is -0.123. The number of rotatable bonds is 3. The summed E-state index contributed by atoms with van der Waals surface area (Å²) in [5, 5.41) is 11.4. The highest BCUT2D eigenvalue weighted by Crippen LogP contribution is 1.78. The van der Waals surface area contributed by atoms with Crippen molar-refractivity contribution in [1.29, 1.82) is 5.26 Å². The van der Waals surface area contributed by atoms with Crippen LogP contribution in [0.4, 0.5) is 0 Å². The first-order valence-electron chi connectivity index (χ1n) is 2.48. The van der Waals surface area contributed by atoms with Gasteiger partial charge in [-0.25, -0.2) is 5.48 Å². The van der Waals surface area contributed by atoms with Crippen molar-refractivity contribution in [3.63, 3.8) is 0 Å². The Morgan fingerprint density at radius 3 is 2.82 bits per heavy atom. The normalized spacial score (nSPS) is 10.1. The zero-order valence-corrected chi connectivity index (χ0v) is 5.83. The summed E-state index contributed by atoms with van der Waals surface area (Å²) in [5.74, 6) is -0.802. The van der Waals surface area contributed by atoms with Crippen LogP contribution in [0.5, 0.6) is 0 Å². The van der Waals surface area contributed by atoms with Gasteiger partial charge in [0.25, 0.3) is 0 Å². The second kappa shape index (κ2) is 5.20. The van der Waals surface area contributed by atoms with Crippen molar-refractivity contribution in [2.24, 2.45) is 5.16 Å². The predicted octanol–water partition coefficient (Wildman–Crippen LogP) is -0.648. The molecule has 1 N–H and O–H groups in total. The molecule has 59 valence electrons. The number of nitrogens with one attached hydrogen (secondary N) is 1. The molecule has 1 amide bonds. The van der Waals surface area contributed by atoms with Gasteiger partial charge in [0, 0.05) is 0 Å². The van der Waals surface area contributed by atoms with Gasteiger partial charge in [0.2, 0.25) is 5.71 Å². The van der Waals surface area contributed by atoms with Crippen molar-refractivity contribution in [3.8, 4) is 6.07 Å². The number of carbonyl (C=O) groups excluding carboxylic acids is 1. The summed E-state index contributed by atoms with van der Waals surface area (Å²) in [5.41, 5.74) is 1.36. The molecule has 6 nitrogen and oxygen atoms in total. The van der Waals surface area contributed by atoms with E-state index in [1.54, 1.807) is 5.48 Å². The molecule has 0 aliphatic heterocycles. The third-order valence-corrected chi connectivity index (χ3v) is 0.668. The number of carbonyl (C=O) groups is 1. The number of oxime groups is 1. The Labute approximate surface area is 63.3 Å². The first kappa shape index (κ1) is 9.39. The molecule has 0 saturated heterocycles. The lowest BCUT2D eigenvalue weighted by atomic mass is 10.4. The molecule has 11 heavy (non-hydrogen) atoms. The molecule has 0 aromatic heterocycles. The average Bonchev–Trinajstić information content (AvgIpc) is 2.00. The van der Waals surface area contributed by atoms with Gasteiger partial charge in [0.1, 0.15) is 20.3 Å². The fourth-order valence-corrected chi connectivity index (χ4v) is 0.318. The number of hydroxylamine groups is 1. The molecule has 0 aliphatic rings. The summed E-state index contributed by atoms with van der Waals surface area (Å²) in [6, 6.07) is 1.49. The molecule has 0 aliphatic carbocycles. The first-order valence-corrected chi connectivity index (χ1v) is 2.48. The summed E-state index contributed by atoms with van der Waals surface area (Å²) in [4.78, 5) is 18.8. The van der Waals surface area contributed by atoms with Gasteiger partial charge in [-0.15, -0.1) is 0 Å². The van der Waals surface area contributed by atoms with Crippen molar-refractivity contribution in [3.05, 3.63) is 7.11 Å². The van der Waals surface area contributed by atoms with E-state index in [4.69, 9.17) is 5.26 Å². The maximum Gasteiger partial charge on any atom is 0.307 e. The molecule has 0 spiro atoms. The smallest absolute Gasteiger partial charge is 0.307 e. The summed E-state index contributed by atoms with van der Waals surface area (Å²) in [6.07, 6.45) is 0. The molecule has 1 radical (unpaired) electrons. The molecular formula is C5H6N3O3. The van der Waals surface area contributed by atoms with Crippen LogP contribution in [0, 0.1) is 18.4 Å². The zero-order valence-electron chi connectivity index (χ0n) is 5.83. The van der Waals surface area contributed by atoms with Gasteiger partial charge in [-0.05, 0) is 0 Å². The van der Waals surface area contributed by atoms with Crippen LogP contribution in [0.2, 0.25) is 0 Å². The minimum absolute atomic E-state index is 0.434. The zero-order chi connectivity index (χ0) is 8.69. The second-order valence-electron chi connectivity index (χ2n) is 1.31. The number of nitriles is 1. The Kier molecular flexibility index (Phi) is 4.44. The largest absolute Gasteiger partial charge is 0.398 e. The summed E-state index contributed by atoms with van der Waals surface area (Å²) in [7, 11) is 4.08. The van der Waals surface area contributed by atoms with E-state index in [2.05, 4.69) is 21.9 Å². The predicted molar refractivity (Wildman–Crippen MR) is 34.6 cm³/mol. The Morgan fingerprint density at radius 1 is 1.82 bits per heavy atom. The Hall–Kier alpha value is -1.61. The number of nitrogens with zero attached hydrogens (tertiary/aromatic N) is 2. The van der Waals surface area contributed by atoms with E-state index in [0.717, 1.165) is 0 Å². The van der Waals surface area contributed by atoms with Crippen molar-refractivity contribution in [2.75, 3.05) is 7.11 Å². The fraction of sp³-hybridized carbons (Fsp3) is 0.200. The minimum atomic E-state index is -0.802. The molecular weight excluding hydrogens is 150 g/mol. The van der Waals surface area contributed by atoms with Gasteiger partial charge in [-0.2, -0.15) is 5.26 Å². The molecule has 0 saturated carbocycles. The molecule has 0 aromatic rings. The van der Waals surface area contributed by atoms with Crippen LogP contribution in [-0.4, -0.2) is 18.7 Å². The molecule has 0 fully saturated rings. The topological polar surface area (TPSA) is 83.7 Å². The maximum absolute atomic E-state index is 10.7. The first-order chi connectivity index (χ1) is 5.26. The van der Waals surface area contributed by atoms with E-state index in [9.17, 15) is 4.79 Å². The minimum Gasteiger partial charge on any atom is -0.398 e. The molecule has 0 bridgehead atoms. The van der Waals surface area contributed by atoms with Crippen LogP contribution < -0.4 is 5.48 Å². The van der Waals surface area contributed by atoms with E-state index >= 15 is 0 Å². The quantitative estimate of drug-likeness (QED) is 0.434. The number of hydrogen-bond donors (Lipinski definition) is 1. The highest BCUT2D eigenvalue weighted by atomic mass is 16.6. The lowest BCUT2D eigenvalue weighted by Crippen LogP contribution is -2.28. The van der Waals surface area contributed by atoms with Crippen molar-refractivity contribution in [1.82, 2.24) is 5.48 Å². The van der Waals surface area contributed by atoms with E-state index < -0.39 is 11.6 Å². The van der Waals surface area contributed by atoms with Gasteiger partial charge in [-0.3, -0.25) is 9.63 Å². The molecule has 0 atom stereocenters. The van der Waals surface area contributed by atoms with Crippen LogP contribution in [0.15, 0.2) is 5.16 Å². The van der Waals surface area contributed by atoms with E-state index in [-0.39, 0.29) is 0 Å². The SMILES string of the molecule is [CH2]ONC(=O)/C(C#N)=N/OC. The summed E-state index contributed by atoms with van der Waals surface area (Å²) >= 11 is 0. The highest BCUT2D eigenvalue weighted by molar-refractivity contribution is 6.44. The van der Waals surface area contributed by atoms with Crippen LogP contribution >= 0.6 is 0 Å². The number of amides is 1. The second-order valence-corrected chi connectivity index (χ2v) is 1.31. The van der Waals surface area contributed by atoms with Gasteiger partial charge < -0.3 is 4.84 Å². The Morgan fingerprint density at radius 2 is 2.45 bits per heavy atom. The van der Waals surface area contributed by atoms with Crippen LogP contribution in [-0.2, 0) is 14.5 Å². The Balaban J connectivity index is 4.18. The van der Waals surface area contributed by atoms with Gasteiger partial charge >= 0.3 is 5.91 Å². The van der Waals surface area contributed by atoms with Crippen molar-refractivity contribution >= 4 is 11.6 Å². The Bertz CT molecular complexity index is 206. The molecule has 0 aromatic carbocycles. The molecule has 0 rings (SSSR count). The summed E-state index contributed by atoms with van der Waals surface area (Å²) < 4.78 is 0. The van der Waals surface area contributed by atoms with Crippen LogP contribution in [0.3, 0.4) is 0 Å². The van der Waals surface area contributed by atoms with E-state index in [1.165, 1.54) is 13.2 Å². The summed E-state index contributed by atoms with van der Waals surface area (Å²) in [6.45, 7) is 0. The van der Waals surface area contributed by atoms with Crippen LogP contribution in [0.25, 0.3) is 0 Å². The fourth-order valence-electron chi connectivity index (χ4n) is 0.318. The maximum atomic E-state index is 10.7. The third kappa shape index (κ3) is 3.17. The van der Waals surface area contributed by atoms with Crippen molar-refractivity contribution in [2.45, 2.75) is 0 Å². The van der Waals surface area contributed by atoms with Crippen LogP contribution in [0.1, 0.15) is 0 Å². The van der Waals surface area contributed by atoms with E-state index in [1.807, 2.05) is 0 Å². The lowest BCUT2D eigenvalue weighted by Gasteiger charge is -1.96. The number of hydrogen-bond acceptors (Lipinski definition) is 5. The van der Waals surface area contributed by atoms with E-state index in [0.29, 0.717) is 0 Å². The molecule has 0 unspecified atom stereocenters. The van der Waals surface area contributed by atoms with Crippen molar-refractivity contribution < 1.29 is 14.5 Å². The molecule has 0 heterocycles. The van der Waals surface area contributed by atoms with Gasteiger partial charge in [0.05, 0.1) is 0 Å². The van der Waals surface area contributed by atoms with Gasteiger partial charge in [0.15, 0.2) is 0 Å². The molecule has 6 heteroatoms. The van der Waals surface area contributed by atoms with Gasteiger partial charge in [-0.1, -0.05) is 5.16 Å². The third-order valence-electron chi connectivity index (χ3n) is 0.668. The monoisotopic (exact) mass is 156 g/mol. The highest BCUT2D eigenvalue weighted by Gasteiger charge is 2.09.